The summed E-state index contributed by atoms with van der Waals surface area (Å²) in [5.74, 6) is 1.65. The fourth-order valence-electron chi connectivity index (χ4n) is 3.05. The summed E-state index contributed by atoms with van der Waals surface area (Å²) in [5.41, 5.74) is 2.34. The van der Waals surface area contributed by atoms with Crippen LogP contribution < -0.4 is 10.1 Å². The average Bonchev–Trinajstić information content (AvgIpc) is 2.61. The number of hydrogen-bond donors (Lipinski definition) is 2. The van der Waals surface area contributed by atoms with Crippen LogP contribution in [0.3, 0.4) is 0 Å². The van der Waals surface area contributed by atoms with Crippen LogP contribution in [0.5, 0.6) is 5.75 Å². The van der Waals surface area contributed by atoms with Crippen LogP contribution in [0.1, 0.15) is 23.6 Å². The molecule has 0 fully saturated rings. The minimum Gasteiger partial charge on any atom is -0.496 e. The third kappa shape index (κ3) is 4.40. The summed E-state index contributed by atoms with van der Waals surface area (Å²) in [4.78, 5) is 4.52. The number of aliphatic hydroxyl groups is 1. The van der Waals surface area contributed by atoms with Crippen LogP contribution in [-0.2, 0) is 12.8 Å². The molecule has 2 N–H and O–H groups in total. The van der Waals surface area contributed by atoms with E-state index in [1.807, 2.05) is 30.3 Å². The average molecular weight is 438 g/mol. The maximum atomic E-state index is 10.1. The topological polar surface area (TPSA) is 53.9 Å². The van der Waals surface area contributed by atoms with Crippen molar-refractivity contribution < 1.29 is 9.84 Å². The van der Waals surface area contributed by atoms with Crippen LogP contribution >= 0.6 is 27.5 Å². The number of aliphatic imine (C=N–C) groups is 1. The molecule has 3 rings (SSSR count). The maximum absolute atomic E-state index is 10.1. The molecule has 0 amide bonds. The molecule has 1 aliphatic heterocycles. The van der Waals surface area contributed by atoms with E-state index in [-0.39, 0.29) is 0 Å². The Bertz CT molecular complexity index is 837. The molecule has 1 unspecified atom stereocenters. The van der Waals surface area contributed by atoms with Gasteiger partial charge in [-0.25, -0.2) is 0 Å². The predicted molar refractivity (Wildman–Crippen MR) is 110 cm³/mol. The number of hydrogen-bond acceptors (Lipinski definition) is 4. The second-order valence-corrected chi connectivity index (χ2v) is 8.06. The van der Waals surface area contributed by atoms with Crippen molar-refractivity contribution in [2.24, 2.45) is 4.99 Å². The van der Waals surface area contributed by atoms with Crippen molar-refractivity contribution in [1.29, 1.82) is 0 Å². The molecule has 6 heteroatoms. The Morgan fingerprint density at radius 1 is 1.31 bits per heavy atom. The molecule has 1 heterocycles. The number of nitrogens with zero attached hydrogens (tertiary/aromatic N) is 1. The zero-order valence-electron chi connectivity index (χ0n) is 14.9. The van der Waals surface area contributed by atoms with Crippen molar-refractivity contribution in [3.63, 3.8) is 0 Å². The minimum atomic E-state index is -0.814. The molecule has 138 valence electrons. The summed E-state index contributed by atoms with van der Waals surface area (Å²) in [6.07, 6.45) is 1.56. The molecule has 0 saturated heterocycles. The molecule has 0 saturated carbocycles. The molecular formula is C20H22BrClN2O2. The highest BCUT2D eigenvalue weighted by Gasteiger charge is 2.26. The lowest BCUT2D eigenvalue weighted by atomic mass is 9.97. The minimum absolute atomic E-state index is 0.376. The van der Waals surface area contributed by atoms with E-state index in [2.05, 4.69) is 32.3 Å². The van der Waals surface area contributed by atoms with Gasteiger partial charge in [0.05, 0.1) is 19.3 Å². The lowest BCUT2D eigenvalue weighted by Gasteiger charge is -2.28. The van der Waals surface area contributed by atoms with Crippen LogP contribution in [0.15, 0.2) is 45.9 Å². The molecule has 2 aromatic carbocycles. The van der Waals surface area contributed by atoms with E-state index in [4.69, 9.17) is 16.3 Å². The Kier molecular flexibility index (Phi) is 5.90. The van der Waals surface area contributed by atoms with Crippen LogP contribution in [-0.4, -0.2) is 36.7 Å². The summed E-state index contributed by atoms with van der Waals surface area (Å²) in [7, 11) is 1.68. The van der Waals surface area contributed by atoms with Gasteiger partial charge in [-0.1, -0.05) is 39.7 Å². The molecule has 1 atom stereocenters. The number of benzene rings is 2. The SMILES string of the molecule is COc1ccc(Br)cc1CCc1c(Cl)cccc1C1=NCC(C)(O)CN1. The van der Waals surface area contributed by atoms with Gasteiger partial charge in [-0.15, -0.1) is 0 Å². The van der Waals surface area contributed by atoms with E-state index in [0.717, 1.165) is 50.6 Å². The van der Waals surface area contributed by atoms with Crippen molar-refractivity contribution in [3.8, 4) is 5.75 Å². The first-order valence-electron chi connectivity index (χ1n) is 8.50. The van der Waals surface area contributed by atoms with Crippen molar-refractivity contribution in [2.75, 3.05) is 20.2 Å². The highest BCUT2D eigenvalue weighted by molar-refractivity contribution is 9.10. The Morgan fingerprint density at radius 3 is 2.81 bits per heavy atom. The van der Waals surface area contributed by atoms with Crippen LogP contribution in [0.25, 0.3) is 0 Å². The fourth-order valence-corrected chi connectivity index (χ4v) is 3.73. The first kappa shape index (κ1) is 19.2. The van der Waals surface area contributed by atoms with E-state index < -0.39 is 5.60 Å². The fraction of sp³-hybridized carbons (Fsp3) is 0.350. The zero-order chi connectivity index (χ0) is 18.7. The molecule has 0 aliphatic carbocycles. The zero-order valence-corrected chi connectivity index (χ0v) is 17.2. The molecule has 4 nitrogen and oxygen atoms in total. The summed E-state index contributed by atoms with van der Waals surface area (Å²) in [6, 6.07) is 11.8. The van der Waals surface area contributed by atoms with Gasteiger partial charge >= 0.3 is 0 Å². The number of halogens is 2. The number of aryl methyl sites for hydroxylation is 1. The van der Waals surface area contributed by atoms with E-state index in [9.17, 15) is 5.11 Å². The second kappa shape index (κ2) is 7.99. The normalized spacial score (nSPS) is 19.7. The van der Waals surface area contributed by atoms with Gasteiger partial charge in [-0.05, 0) is 55.2 Å². The van der Waals surface area contributed by atoms with Gasteiger partial charge in [0.15, 0.2) is 0 Å². The van der Waals surface area contributed by atoms with Crippen molar-refractivity contribution in [2.45, 2.75) is 25.4 Å². The predicted octanol–water partition coefficient (Wildman–Crippen LogP) is 4.00. The Hall–Kier alpha value is -1.56. The number of methoxy groups -OCH3 is 1. The summed E-state index contributed by atoms with van der Waals surface area (Å²) in [6.45, 7) is 2.62. The van der Waals surface area contributed by atoms with Crippen molar-refractivity contribution in [1.82, 2.24) is 5.32 Å². The van der Waals surface area contributed by atoms with Gasteiger partial charge in [0.25, 0.3) is 0 Å². The van der Waals surface area contributed by atoms with E-state index in [1.54, 1.807) is 14.0 Å². The largest absolute Gasteiger partial charge is 0.496 e. The van der Waals surface area contributed by atoms with Crippen molar-refractivity contribution in [3.05, 3.63) is 62.6 Å². The van der Waals surface area contributed by atoms with Gasteiger partial charge in [0.1, 0.15) is 11.6 Å². The third-order valence-electron chi connectivity index (χ3n) is 4.48. The van der Waals surface area contributed by atoms with Crippen LogP contribution in [0.2, 0.25) is 5.02 Å². The number of rotatable bonds is 5. The molecule has 0 bridgehead atoms. The lowest BCUT2D eigenvalue weighted by molar-refractivity contribution is 0.0698. The summed E-state index contributed by atoms with van der Waals surface area (Å²) >= 11 is 10.0. The monoisotopic (exact) mass is 436 g/mol. The number of β-amino-alcohol motifs (C(OH)–C–C–N with tert-alkyl or cyclic N) is 1. The lowest BCUT2D eigenvalue weighted by Crippen LogP contribution is -2.47. The molecule has 2 aromatic rings. The summed E-state index contributed by atoms with van der Waals surface area (Å²) < 4.78 is 6.49. The van der Waals surface area contributed by atoms with Gasteiger partial charge in [0.2, 0.25) is 0 Å². The molecule has 0 radical (unpaired) electrons. The summed E-state index contributed by atoms with van der Waals surface area (Å²) in [5, 5.41) is 14.0. The number of nitrogens with one attached hydrogen (secondary N) is 1. The molecule has 26 heavy (non-hydrogen) atoms. The van der Waals surface area contributed by atoms with E-state index >= 15 is 0 Å². The van der Waals surface area contributed by atoms with E-state index in [0.29, 0.717) is 13.1 Å². The first-order valence-corrected chi connectivity index (χ1v) is 9.67. The first-order chi connectivity index (χ1) is 12.4. The molecular weight excluding hydrogens is 416 g/mol. The molecule has 0 aromatic heterocycles. The van der Waals surface area contributed by atoms with Gasteiger partial charge in [-0.2, -0.15) is 0 Å². The number of amidine groups is 1. The van der Waals surface area contributed by atoms with Gasteiger partial charge in [-0.3, -0.25) is 4.99 Å². The number of ether oxygens (including phenoxy) is 1. The Labute approximate surface area is 167 Å². The van der Waals surface area contributed by atoms with Crippen LogP contribution in [0.4, 0.5) is 0 Å². The third-order valence-corrected chi connectivity index (χ3v) is 5.32. The van der Waals surface area contributed by atoms with Crippen molar-refractivity contribution >= 4 is 33.4 Å². The second-order valence-electron chi connectivity index (χ2n) is 6.74. The Morgan fingerprint density at radius 2 is 2.12 bits per heavy atom. The standard InChI is InChI=1S/C20H22BrClN2O2/c1-20(25)11-23-19(24-12-20)16-4-3-5-17(22)15(16)8-6-13-10-14(21)7-9-18(13)26-2/h3-5,7,9-10,25H,6,8,11-12H2,1-2H3,(H,23,24). The Balaban J connectivity index is 1.87. The maximum Gasteiger partial charge on any atom is 0.128 e. The van der Waals surface area contributed by atoms with Gasteiger partial charge in [0, 0.05) is 21.6 Å². The van der Waals surface area contributed by atoms with E-state index in [1.165, 1.54) is 0 Å². The van der Waals surface area contributed by atoms with Crippen LogP contribution in [0, 0.1) is 0 Å². The highest BCUT2D eigenvalue weighted by Crippen LogP contribution is 2.28. The smallest absolute Gasteiger partial charge is 0.128 e. The molecule has 1 aliphatic rings. The highest BCUT2D eigenvalue weighted by atomic mass is 79.9. The van der Waals surface area contributed by atoms with Gasteiger partial charge < -0.3 is 15.2 Å². The molecule has 0 spiro atoms. The quantitative estimate of drug-likeness (QED) is 0.743.